The zero-order chi connectivity index (χ0) is 19.8. The van der Waals surface area contributed by atoms with Crippen LogP contribution in [0.25, 0.3) is 0 Å². The van der Waals surface area contributed by atoms with Gasteiger partial charge in [0.05, 0.1) is 16.0 Å². The van der Waals surface area contributed by atoms with Gasteiger partial charge in [-0.1, -0.05) is 41.9 Å². The highest BCUT2D eigenvalue weighted by atomic mass is 35.5. The number of sulfonamides is 2. The van der Waals surface area contributed by atoms with Crippen LogP contribution < -0.4 is 10.5 Å². The van der Waals surface area contributed by atoms with Crippen LogP contribution in [0.3, 0.4) is 0 Å². The van der Waals surface area contributed by atoms with Crippen LogP contribution in [0.4, 0.5) is 5.69 Å². The normalized spacial score (nSPS) is 16.8. The summed E-state index contributed by atoms with van der Waals surface area (Å²) in [6.07, 6.45) is 0. The highest BCUT2D eigenvalue weighted by molar-refractivity contribution is 8.00. The number of nitrogens with two attached hydrogens (primary N) is 1. The van der Waals surface area contributed by atoms with Gasteiger partial charge in [0.25, 0.3) is 10.0 Å². The summed E-state index contributed by atoms with van der Waals surface area (Å²) in [5, 5.41) is 7.61. The maximum atomic E-state index is 12.5. The molecule has 1 atom stereocenters. The molecule has 0 saturated carbocycles. The Morgan fingerprint density at radius 3 is 2.56 bits per heavy atom. The molecule has 1 unspecified atom stereocenters. The second-order valence-corrected chi connectivity index (χ2v) is 10.7. The van der Waals surface area contributed by atoms with Crippen molar-refractivity contribution in [2.45, 2.75) is 27.7 Å². The van der Waals surface area contributed by atoms with Crippen molar-refractivity contribution >= 4 is 54.9 Å². The van der Waals surface area contributed by atoms with E-state index in [1.807, 2.05) is 37.3 Å². The summed E-state index contributed by atoms with van der Waals surface area (Å²) in [5.74, 6) is 0.934. The number of hydrogen-bond donors (Lipinski definition) is 2. The lowest BCUT2D eigenvalue weighted by atomic mass is 10.2. The standard InChI is InChI=1S/C16H16ClN3O4S3/c1-10(25-9-11-5-3-2-4-6-11)16-19-13-7-12(17)14(26(18,21)22)8-15(13)27(23,24)20-16/h2-8,10H,9H2,1H3,(H,19,20)(H2,18,21,22). The average Bonchev–Trinajstić information content (AvgIpc) is 2.58. The predicted octanol–water partition coefficient (Wildman–Crippen LogP) is 2.82. The van der Waals surface area contributed by atoms with Crippen molar-refractivity contribution in [3.63, 3.8) is 0 Å². The molecule has 0 fully saturated rings. The zero-order valence-electron chi connectivity index (χ0n) is 14.1. The van der Waals surface area contributed by atoms with Gasteiger partial charge in [-0.25, -0.2) is 13.6 Å². The van der Waals surface area contributed by atoms with Gasteiger partial charge in [-0.15, -0.1) is 16.2 Å². The van der Waals surface area contributed by atoms with Crippen molar-refractivity contribution in [3.8, 4) is 0 Å². The Morgan fingerprint density at radius 1 is 1.26 bits per heavy atom. The van der Waals surface area contributed by atoms with E-state index in [1.165, 1.54) is 17.8 Å². The molecule has 0 aromatic heterocycles. The highest BCUT2D eigenvalue weighted by Crippen LogP contribution is 2.35. The van der Waals surface area contributed by atoms with Crippen LogP contribution in [0.15, 0.2) is 56.7 Å². The van der Waals surface area contributed by atoms with Gasteiger partial charge in [0.1, 0.15) is 15.6 Å². The molecule has 7 nitrogen and oxygen atoms in total. The van der Waals surface area contributed by atoms with Gasteiger partial charge >= 0.3 is 0 Å². The molecule has 1 heterocycles. The van der Waals surface area contributed by atoms with Crippen molar-refractivity contribution in [1.29, 1.82) is 0 Å². The zero-order valence-corrected chi connectivity index (χ0v) is 17.3. The van der Waals surface area contributed by atoms with E-state index in [9.17, 15) is 16.8 Å². The first-order chi connectivity index (χ1) is 12.6. The number of primary sulfonamides is 1. The van der Waals surface area contributed by atoms with Gasteiger partial charge in [0.15, 0.2) is 0 Å². The van der Waals surface area contributed by atoms with Crippen LogP contribution in [0.1, 0.15) is 12.5 Å². The summed E-state index contributed by atoms with van der Waals surface area (Å²) >= 11 is 7.48. The van der Waals surface area contributed by atoms with Crippen LogP contribution in [0, 0.1) is 0 Å². The van der Waals surface area contributed by atoms with Crippen molar-refractivity contribution in [3.05, 3.63) is 53.1 Å². The van der Waals surface area contributed by atoms with Crippen LogP contribution in [-0.4, -0.2) is 27.9 Å². The largest absolute Gasteiger partial charge is 0.341 e. The summed E-state index contributed by atoms with van der Waals surface area (Å²) in [6, 6.07) is 11.9. The van der Waals surface area contributed by atoms with E-state index in [2.05, 4.69) is 9.71 Å². The van der Waals surface area contributed by atoms with Crippen LogP contribution >= 0.6 is 23.4 Å². The number of nitrogens with one attached hydrogen (secondary N) is 1. The number of hydrogen-bond acceptors (Lipinski definition) is 6. The molecule has 0 amide bonds. The van der Waals surface area contributed by atoms with Crippen molar-refractivity contribution < 1.29 is 16.8 Å². The molecule has 2 aromatic rings. The molecule has 0 radical (unpaired) electrons. The van der Waals surface area contributed by atoms with E-state index in [0.717, 1.165) is 11.6 Å². The van der Waals surface area contributed by atoms with Gasteiger partial charge < -0.3 is 5.32 Å². The van der Waals surface area contributed by atoms with Crippen LogP contribution in [0.5, 0.6) is 0 Å². The molecule has 0 saturated heterocycles. The van der Waals surface area contributed by atoms with Crippen molar-refractivity contribution in [2.24, 2.45) is 9.54 Å². The minimum Gasteiger partial charge on any atom is -0.341 e. The number of nitrogens with zero attached hydrogens (tertiary/aromatic N) is 1. The Hall–Kier alpha value is -1.59. The highest BCUT2D eigenvalue weighted by Gasteiger charge is 2.30. The SMILES string of the molecule is CC(SCc1ccccc1)C1=NS(=O)(=O)c2cc(S(N)(=O)=O)c(Cl)cc2N1. The third-order valence-electron chi connectivity index (χ3n) is 3.83. The second kappa shape index (κ2) is 7.44. The third-order valence-corrected chi connectivity index (χ3v) is 7.76. The molecule has 3 rings (SSSR count). The van der Waals surface area contributed by atoms with E-state index in [1.54, 1.807) is 0 Å². The minimum absolute atomic E-state index is 0.162. The second-order valence-electron chi connectivity index (χ2n) is 5.84. The van der Waals surface area contributed by atoms with Gasteiger partial charge in [-0.05, 0) is 24.6 Å². The monoisotopic (exact) mass is 445 g/mol. The Morgan fingerprint density at radius 2 is 1.93 bits per heavy atom. The maximum Gasteiger partial charge on any atom is 0.286 e. The molecule has 144 valence electrons. The van der Waals surface area contributed by atoms with Gasteiger partial charge in [-0.3, -0.25) is 0 Å². The molecule has 2 aromatic carbocycles. The lowest BCUT2D eigenvalue weighted by Gasteiger charge is -2.23. The number of halogens is 1. The molecule has 0 spiro atoms. The van der Waals surface area contributed by atoms with E-state index in [-0.39, 0.29) is 26.7 Å². The summed E-state index contributed by atoms with van der Waals surface area (Å²) in [5.41, 5.74) is 1.28. The topological polar surface area (TPSA) is 119 Å². The van der Waals surface area contributed by atoms with Gasteiger partial charge in [0, 0.05) is 5.75 Å². The summed E-state index contributed by atoms with van der Waals surface area (Å²) in [7, 11) is -8.25. The smallest absolute Gasteiger partial charge is 0.286 e. The molecule has 3 N–H and O–H groups in total. The van der Waals surface area contributed by atoms with E-state index in [4.69, 9.17) is 16.7 Å². The van der Waals surface area contributed by atoms with E-state index >= 15 is 0 Å². The van der Waals surface area contributed by atoms with Gasteiger partial charge in [0.2, 0.25) is 10.0 Å². The Labute approximate surface area is 167 Å². The summed E-state index contributed by atoms with van der Waals surface area (Å²) < 4.78 is 52.0. The molecular weight excluding hydrogens is 430 g/mol. The predicted molar refractivity (Wildman–Crippen MR) is 108 cm³/mol. The number of benzene rings is 2. The molecule has 1 aliphatic rings. The molecule has 0 bridgehead atoms. The molecule has 1 aliphatic heterocycles. The first-order valence-electron chi connectivity index (χ1n) is 7.72. The molecular formula is C16H16ClN3O4S3. The van der Waals surface area contributed by atoms with Gasteiger partial charge in [-0.2, -0.15) is 8.42 Å². The van der Waals surface area contributed by atoms with Crippen LogP contribution in [-0.2, 0) is 25.8 Å². The van der Waals surface area contributed by atoms with Crippen molar-refractivity contribution in [1.82, 2.24) is 0 Å². The fourth-order valence-corrected chi connectivity index (χ4v) is 5.81. The molecule has 27 heavy (non-hydrogen) atoms. The summed E-state index contributed by atoms with van der Waals surface area (Å²) in [6.45, 7) is 1.83. The number of thioether (sulfide) groups is 1. The number of amidine groups is 1. The molecule has 11 heteroatoms. The first-order valence-corrected chi connectivity index (χ1v) is 12.1. The number of anilines is 1. The first kappa shape index (κ1) is 20.2. The maximum absolute atomic E-state index is 12.5. The summed E-state index contributed by atoms with van der Waals surface area (Å²) in [4.78, 5) is -0.738. The fraction of sp³-hybridized carbons (Fsp3) is 0.188. The number of fused-ring (bicyclic) bond motifs is 1. The minimum atomic E-state index is -4.16. The third kappa shape index (κ3) is 4.46. The van der Waals surface area contributed by atoms with Crippen molar-refractivity contribution in [2.75, 3.05) is 5.32 Å². The van der Waals surface area contributed by atoms with Crippen LogP contribution in [0.2, 0.25) is 5.02 Å². The quantitative estimate of drug-likeness (QED) is 0.730. The Kier molecular flexibility index (Phi) is 5.55. The Bertz CT molecular complexity index is 1120. The van der Waals surface area contributed by atoms with E-state index < -0.39 is 24.9 Å². The number of rotatable bonds is 5. The lowest BCUT2D eigenvalue weighted by molar-refractivity contribution is 0.596. The fourth-order valence-electron chi connectivity index (χ4n) is 2.45. The lowest BCUT2D eigenvalue weighted by Crippen LogP contribution is -2.29. The average molecular weight is 446 g/mol. The Balaban J connectivity index is 1.89. The van der Waals surface area contributed by atoms with E-state index in [0.29, 0.717) is 5.75 Å². The molecule has 0 aliphatic carbocycles.